The van der Waals surface area contributed by atoms with Gasteiger partial charge in [0.1, 0.15) is 5.82 Å². The van der Waals surface area contributed by atoms with Gasteiger partial charge in [0.25, 0.3) is 0 Å². The second kappa shape index (κ2) is 6.92. The van der Waals surface area contributed by atoms with Gasteiger partial charge in [-0.3, -0.25) is 0 Å². The molecule has 0 spiro atoms. The molecule has 6 nitrogen and oxygen atoms in total. The van der Waals surface area contributed by atoms with Crippen LogP contribution >= 0.6 is 0 Å². The molecule has 3 N–H and O–H groups in total. The molecule has 0 radical (unpaired) electrons. The largest absolute Gasteiger partial charge is 0.465 e. The lowest BCUT2D eigenvalue weighted by Gasteiger charge is -2.20. The molecule has 4 rings (SSSR count). The summed E-state index contributed by atoms with van der Waals surface area (Å²) in [5.74, 6) is -1.45. The number of amides is 1. The monoisotopic (exact) mass is 377 g/mol. The Balaban J connectivity index is 1.73. The highest BCUT2D eigenvalue weighted by Crippen LogP contribution is 2.43. The molecule has 2 heterocycles. The van der Waals surface area contributed by atoms with Gasteiger partial charge in [0, 0.05) is 12.5 Å². The quantitative estimate of drug-likeness (QED) is 0.761. The first kappa shape index (κ1) is 17.9. The summed E-state index contributed by atoms with van der Waals surface area (Å²) in [4.78, 5) is 15.6. The number of aromatic nitrogens is 2. The van der Waals surface area contributed by atoms with E-state index in [2.05, 4.69) is 10.3 Å². The smallest absolute Gasteiger partial charge is 0.405 e. The fourth-order valence-electron chi connectivity index (χ4n) is 3.95. The number of imidazole rings is 1. The van der Waals surface area contributed by atoms with E-state index < -0.39 is 29.9 Å². The van der Waals surface area contributed by atoms with Gasteiger partial charge in [0.2, 0.25) is 0 Å². The van der Waals surface area contributed by atoms with Crippen molar-refractivity contribution in [3.05, 3.63) is 53.1 Å². The van der Waals surface area contributed by atoms with Gasteiger partial charge in [0.05, 0.1) is 24.0 Å². The predicted octanol–water partition coefficient (Wildman–Crippen LogP) is 3.49. The van der Waals surface area contributed by atoms with Crippen molar-refractivity contribution < 1.29 is 23.8 Å². The molecule has 3 atom stereocenters. The Morgan fingerprint density at radius 3 is 2.74 bits per heavy atom. The van der Waals surface area contributed by atoms with E-state index in [1.165, 1.54) is 6.07 Å². The van der Waals surface area contributed by atoms with Crippen LogP contribution in [0.2, 0.25) is 0 Å². The molecule has 1 saturated carbocycles. The molecule has 27 heavy (non-hydrogen) atoms. The van der Waals surface area contributed by atoms with E-state index in [9.17, 15) is 18.7 Å². The molecule has 2 aromatic rings. The average molecular weight is 377 g/mol. The second-order valence-electron chi connectivity index (χ2n) is 7.35. The molecule has 0 bridgehead atoms. The number of carbonyl (C=O) groups is 1. The van der Waals surface area contributed by atoms with Gasteiger partial charge >= 0.3 is 6.09 Å². The number of halogens is 2. The topological polar surface area (TPSA) is 87.4 Å². The van der Waals surface area contributed by atoms with Crippen molar-refractivity contribution in [1.82, 2.24) is 14.9 Å². The highest BCUT2D eigenvalue weighted by atomic mass is 19.2. The van der Waals surface area contributed by atoms with Gasteiger partial charge in [-0.05, 0) is 43.2 Å². The Bertz CT molecular complexity index is 866. The van der Waals surface area contributed by atoms with Crippen LogP contribution in [0.1, 0.15) is 60.8 Å². The van der Waals surface area contributed by atoms with Crippen molar-refractivity contribution >= 4 is 6.09 Å². The van der Waals surface area contributed by atoms with Crippen LogP contribution in [-0.4, -0.2) is 25.9 Å². The molecular formula is C19H21F2N3O3. The van der Waals surface area contributed by atoms with Crippen molar-refractivity contribution in [2.24, 2.45) is 5.92 Å². The highest BCUT2D eigenvalue weighted by molar-refractivity contribution is 5.65. The molecule has 1 aliphatic carbocycles. The van der Waals surface area contributed by atoms with E-state index in [1.54, 1.807) is 16.8 Å². The molecule has 1 unspecified atom stereocenters. The van der Waals surface area contributed by atoms with Crippen LogP contribution in [0, 0.1) is 17.6 Å². The Labute approximate surface area is 154 Å². The van der Waals surface area contributed by atoms with Gasteiger partial charge in [-0.25, -0.2) is 18.6 Å². The summed E-state index contributed by atoms with van der Waals surface area (Å²) in [7, 11) is 0. The highest BCUT2D eigenvalue weighted by Gasteiger charge is 2.36. The first-order chi connectivity index (χ1) is 13.0. The third-order valence-corrected chi connectivity index (χ3v) is 5.53. The van der Waals surface area contributed by atoms with E-state index in [-0.39, 0.29) is 17.4 Å². The Kier molecular flexibility index (Phi) is 4.59. The number of aliphatic hydroxyl groups is 1. The van der Waals surface area contributed by atoms with Crippen LogP contribution in [0.15, 0.2) is 24.4 Å². The van der Waals surface area contributed by atoms with E-state index in [0.29, 0.717) is 30.9 Å². The fraction of sp³-hybridized carbons (Fsp3) is 0.474. The van der Waals surface area contributed by atoms with Crippen LogP contribution < -0.4 is 5.32 Å². The van der Waals surface area contributed by atoms with Gasteiger partial charge < -0.3 is 20.1 Å². The molecule has 1 aromatic heterocycles. The summed E-state index contributed by atoms with van der Waals surface area (Å²) in [6.07, 6.45) is 2.44. The molecule has 1 aliphatic heterocycles. The molecule has 1 amide bonds. The second-order valence-corrected chi connectivity index (χ2v) is 7.35. The van der Waals surface area contributed by atoms with Crippen LogP contribution in [0.4, 0.5) is 13.6 Å². The number of hydrogen-bond donors (Lipinski definition) is 3. The van der Waals surface area contributed by atoms with E-state index in [4.69, 9.17) is 5.11 Å². The zero-order valence-electron chi connectivity index (χ0n) is 14.6. The fourth-order valence-corrected chi connectivity index (χ4v) is 3.95. The maximum absolute atomic E-state index is 14.4. The first-order valence-electron chi connectivity index (χ1n) is 9.12. The number of nitrogens with zero attached hydrogens (tertiary/aromatic N) is 2. The minimum Gasteiger partial charge on any atom is -0.465 e. The average Bonchev–Trinajstić information content (AvgIpc) is 3.41. The lowest BCUT2D eigenvalue weighted by Crippen LogP contribution is -2.28. The zero-order chi connectivity index (χ0) is 19.1. The van der Waals surface area contributed by atoms with Crippen molar-refractivity contribution in [2.75, 3.05) is 0 Å². The van der Waals surface area contributed by atoms with Gasteiger partial charge in [-0.1, -0.05) is 12.1 Å². The number of rotatable bonds is 4. The Hall–Kier alpha value is -2.48. The van der Waals surface area contributed by atoms with Gasteiger partial charge in [-0.2, -0.15) is 0 Å². The molecule has 2 aliphatic rings. The number of hydrogen-bond acceptors (Lipinski definition) is 3. The van der Waals surface area contributed by atoms with Crippen LogP contribution in [0.3, 0.4) is 0 Å². The van der Waals surface area contributed by atoms with Crippen molar-refractivity contribution in [3.8, 4) is 0 Å². The SMILES string of the molecule is O=C(O)N[C@@H]1CC[C@@H](c2cccc(F)c2F)Cn2c(C(O)C3CC3)cnc21. The van der Waals surface area contributed by atoms with E-state index >= 15 is 0 Å². The molecule has 1 fully saturated rings. The first-order valence-corrected chi connectivity index (χ1v) is 9.12. The maximum Gasteiger partial charge on any atom is 0.405 e. The van der Waals surface area contributed by atoms with Crippen molar-refractivity contribution in [1.29, 1.82) is 0 Å². The molecule has 0 saturated heterocycles. The summed E-state index contributed by atoms with van der Waals surface area (Å²) < 4.78 is 29.9. The normalized spacial score (nSPS) is 23.4. The number of fused-ring (bicyclic) bond motifs is 1. The number of nitrogens with one attached hydrogen (secondary N) is 1. The van der Waals surface area contributed by atoms with Crippen LogP contribution in [-0.2, 0) is 6.54 Å². The van der Waals surface area contributed by atoms with E-state index in [1.807, 2.05) is 0 Å². The summed E-state index contributed by atoms with van der Waals surface area (Å²) in [6, 6.07) is 3.54. The number of benzene rings is 1. The van der Waals surface area contributed by atoms with Gasteiger partial charge in [-0.15, -0.1) is 0 Å². The number of aliphatic hydroxyl groups excluding tert-OH is 1. The minimum absolute atomic E-state index is 0.171. The molecule has 1 aromatic carbocycles. The maximum atomic E-state index is 14.4. The van der Waals surface area contributed by atoms with Crippen LogP contribution in [0.5, 0.6) is 0 Å². The molecule has 144 valence electrons. The van der Waals surface area contributed by atoms with Crippen LogP contribution in [0.25, 0.3) is 0 Å². The lowest BCUT2D eigenvalue weighted by molar-refractivity contribution is 0.143. The van der Waals surface area contributed by atoms with Crippen molar-refractivity contribution in [2.45, 2.75) is 50.3 Å². The van der Waals surface area contributed by atoms with Crippen molar-refractivity contribution in [3.63, 3.8) is 0 Å². The zero-order valence-corrected chi connectivity index (χ0v) is 14.6. The third kappa shape index (κ3) is 3.41. The minimum atomic E-state index is -1.17. The van der Waals surface area contributed by atoms with E-state index in [0.717, 1.165) is 18.9 Å². The Morgan fingerprint density at radius 2 is 2.04 bits per heavy atom. The lowest BCUT2D eigenvalue weighted by atomic mass is 9.92. The predicted molar refractivity (Wildman–Crippen MR) is 92.1 cm³/mol. The third-order valence-electron chi connectivity index (χ3n) is 5.53. The summed E-state index contributed by atoms with van der Waals surface area (Å²) in [5.41, 5.74) is 0.867. The number of carboxylic acid groups (broad SMARTS) is 1. The van der Waals surface area contributed by atoms with Gasteiger partial charge in [0.15, 0.2) is 11.6 Å². The summed E-state index contributed by atoms with van der Waals surface area (Å²) in [6.45, 7) is 0.312. The standard InChI is InChI=1S/C19H21F2N3O3/c20-13-3-1-2-12(16(13)21)11-6-7-14(23-19(26)27)18-22-8-15(24(18)9-11)17(25)10-4-5-10/h1-3,8,10-11,14,17,23,25H,4-7,9H2,(H,26,27)/t11-,14-,17?/m1/s1. The Morgan fingerprint density at radius 1 is 1.26 bits per heavy atom. The summed E-state index contributed by atoms with van der Waals surface area (Å²) in [5, 5.41) is 22.2. The molecule has 8 heteroatoms. The summed E-state index contributed by atoms with van der Waals surface area (Å²) >= 11 is 0. The molecular weight excluding hydrogens is 356 g/mol.